The molecule has 0 aromatic heterocycles. The largest absolute Gasteiger partial charge is 0.490 e. The average molecular weight is 455 g/mol. The number of anilines is 1. The lowest BCUT2D eigenvalue weighted by Crippen LogP contribution is -2.14. The van der Waals surface area contributed by atoms with Crippen LogP contribution in [0.1, 0.15) is 12.0 Å². The SMILES string of the molecule is Cc1cc(I)ccc1NC(=O)CSc1ccc2c(c1)OCCCO2. The number of aryl methyl sites for hydroxylation is 1. The van der Waals surface area contributed by atoms with Crippen LogP contribution in [-0.4, -0.2) is 24.9 Å². The molecule has 1 heterocycles. The van der Waals surface area contributed by atoms with Crippen LogP contribution in [0.2, 0.25) is 0 Å². The van der Waals surface area contributed by atoms with Gasteiger partial charge in [-0.15, -0.1) is 11.8 Å². The predicted molar refractivity (Wildman–Crippen MR) is 105 cm³/mol. The van der Waals surface area contributed by atoms with E-state index in [1.807, 2.05) is 43.3 Å². The number of benzene rings is 2. The molecule has 6 heteroatoms. The van der Waals surface area contributed by atoms with Gasteiger partial charge >= 0.3 is 0 Å². The first-order chi connectivity index (χ1) is 11.6. The Morgan fingerprint density at radius 3 is 2.75 bits per heavy atom. The third-order valence-electron chi connectivity index (χ3n) is 3.55. The number of hydrogen-bond acceptors (Lipinski definition) is 4. The van der Waals surface area contributed by atoms with Gasteiger partial charge in [0, 0.05) is 20.6 Å². The van der Waals surface area contributed by atoms with E-state index in [1.54, 1.807) is 0 Å². The lowest BCUT2D eigenvalue weighted by molar-refractivity contribution is -0.113. The van der Waals surface area contributed by atoms with Crippen LogP contribution < -0.4 is 14.8 Å². The summed E-state index contributed by atoms with van der Waals surface area (Å²) in [6.45, 7) is 3.33. The number of carbonyl (C=O) groups excluding carboxylic acids is 1. The molecule has 0 bridgehead atoms. The summed E-state index contributed by atoms with van der Waals surface area (Å²) in [5.74, 6) is 1.86. The summed E-state index contributed by atoms with van der Waals surface area (Å²) in [5.41, 5.74) is 1.93. The Hall–Kier alpha value is -1.41. The van der Waals surface area contributed by atoms with Gasteiger partial charge in [0.25, 0.3) is 0 Å². The minimum atomic E-state index is -0.0172. The first kappa shape index (κ1) is 17.4. The number of rotatable bonds is 4. The van der Waals surface area contributed by atoms with Crippen molar-refractivity contribution in [3.8, 4) is 11.5 Å². The van der Waals surface area contributed by atoms with Crippen LogP contribution in [0.4, 0.5) is 5.69 Å². The first-order valence-corrected chi connectivity index (χ1v) is 9.77. The second-order valence-electron chi connectivity index (χ2n) is 5.46. The fourth-order valence-electron chi connectivity index (χ4n) is 2.34. The van der Waals surface area contributed by atoms with Gasteiger partial charge in [0.2, 0.25) is 5.91 Å². The van der Waals surface area contributed by atoms with Crippen molar-refractivity contribution >= 4 is 45.9 Å². The smallest absolute Gasteiger partial charge is 0.234 e. The molecule has 126 valence electrons. The third kappa shape index (κ3) is 4.57. The molecule has 0 atom stereocenters. The Labute approximate surface area is 159 Å². The molecule has 0 saturated carbocycles. The molecule has 24 heavy (non-hydrogen) atoms. The van der Waals surface area contributed by atoms with Crippen molar-refractivity contribution in [3.05, 3.63) is 45.5 Å². The molecule has 0 saturated heterocycles. The number of ether oxygens (including phenoxy) is 2. The van der Waals surface area contributed by atoms with Gasteiger partial charge in [-0.25, -0.2) is 0 Å². The van der Waals surface area contributed by atoms with Crippen LogP contribution in [0, 0.1) is 10.5 Å². The number of carbonyl (C=O) groups is 1. The molecule has 0 fully saturated rings. The predicted octanol–water partition coefficient (Wildman–Crippen LogP) is 4.49. The third-order valence-corrected chi connectivity index (χ3v) is 5.22. The number of amides is 1. The zero-order valence-electron chi connectivity index (χ0n) is 13.3. The van der Waals surface area contributed by atoms with E-state index in [0.29, 0.717) is 19.0 Å². The summed E-state index contributed by atoms with van der Waals surface area (Å²) in [6.07, 6.45) is 0.884. The fraction of sp³-hybridized carbons (Fsp3) is 0.278. The van der Waals surface area contributed by atoms with Gasteiger partial charge in [-0.1, -0.05) is 0 Å². The Bertz CT molecular complexity index is 751. The van der Waals surface area contributed by atoms with Gasteiger partial charge in [0.05, 0.1) is 19.0 Å². The van der Waals surface area contributed by atoms with Gasteiger partial charge in [-0.05, 0) is 71.5 Å². The highest BCUT2D eigenvalue weighted by atomic mass is 127. The second kappa shape index (κ2) is 8.11. The molecular weight excluding hydrogens is 437 g/mol. The second-order valence-corrected chi connectivity index (χ2v) is 7.75. The highest BCUT2D eigenvalue weighted by Gasteiger charge is 2.12. The fourth-order valence-corrected chi connectivity index (χ4v) is 3.71. The molecule has 1 amide bonds. The van der Waals surface area contributed by atoms with E-state index < -0.39 is 0 Å². The van der Waals surface area contributed by atoms with Crippen molar-refractivity contribution in [1.82, 2.24) is 0 Å². The van der Waals surface area contributed by atoms with Gasteiger partial charge in [0.1, 0.15) is 0 Å². The van der Waals surface area contributed by atoms with Crippen LogP contribution in [-0.2, 0) is 4.79 Å². The van der Waals surface area contributed by atoms with Gasteiger partial charge in [0.15, 0.2) is 11.5 Å². The molecule has 1 aliphatic heterocycles. The lowest BCUT2D eigenvalue weighted by Gasteiger charge is -2.10. The summed E-state index contributed by atoms with van der Waals surface area (Å²) in [6, 6.07) is 11.8. The maximum Gasteiger partial charge on any atom is 0.234 e. The van der Waals surface area contributed by atoms with E-state index in [4.69, 9.17) is 9.47 Å². The van der Waals surface area contributed by atoms with E-state index in [1.165, 1.54) is 11.8 Å². The van der Waals surface area contributed by atoms with Crippen molar-refractivity contribution in [2.45, 2.75) is 18.2 Å². The minimum absolute atomic E-state index is 0.0172. The molecule has 1 aliphatic rings. The normalized spacial score (nSPS) is 13.2. The van der Waals surface area contributed by atoms with Crippen LogP contribution in [0.25, 0.3) is 0 Å². The molecule has 0 aliphatic carbocycles. The summed E-state index contributed by atoms with van der Waals surface area (Å²) in [5, 5.41) is 2.96. The summed E-state index contributed by atoms with van der Waals surface area (Å²) in [4.78, 5) is 13.2. The molecule has 0 spiro atoms. The molecular formula is C18H18INO3S. The zero-order valence-corrected chi connectivity index (χ0v) is 16.3. The summed E-state index contributed by atoms with van der Waals surface area (Å²) in [7, 11) is 0. The van der Waals surface area contributed by atoms with Crippen LogP contribution >= 0.6 is 34.4 Å². The van der Waals surface area contributed by atoms with Gasteiger partial charge in [-0.2, -0.15) is 0 Å². The Balaban J connectivity index is 1.59. The lowest BCUT2D eigenvalue weighted by atomic mass is 10.2. The molecule has 2 aromatic rings. The van der Waals surface area contributed by atoms with E-state index in [0.717, 1.165) is 37.6 Å². The molecule has 3 rings (SSSR count). The number of halogens is 1. The zero-order chi connectivity index (χ0) is 16.9. The Morgan fingerprint density at radius 1 is 1.17 bits per heavy atom. The van der Waals surface area contributed by atoms with Crippen molar-refractivity contribution in [2.75, 3.05) is 24.3 Å². The van der Waals surface area contributed by atoms with Crippen LogP contribution in [0.5, 0.6) is 11.5 Å². The quantitative estimate of drug-likeness (QED) is 0.545. The standard InChI is InChI=1S/C18H18INO3S/c1-12-9-13(19)3-5-15(12)20-18(21)11-24-14-4-6-16-17(10-14)23-8-2-7-22-16/h3-6,9-10H,2,7-8,11H2,1H3,(H,20,21). The average Bonchev–Trinajstić information content (AvgIpc) is 2.80. The molecule has 2 aromatic carbocycles. The van der Waals surface area contributed by atoms with Gasteiger partial charge < -0.3 is 14.8 Å². The Kier molecular flexibility index (Phi) is 5.89. The van der Waals surface area contributed by atoms with E-state index in [-0.39, 0.29) is 5.91 Å². The van der Waals surface area contributed by atoms with Gasteiger partial charge in [-0.3, -0.25) is 4.79 Å². The van der Waals surface area contributed by atoms with E-state index >= 15 is 0 Å². The number of nitrogens with one attached hydrogen (secondary N) is 1. The Morgan fingerprint density at radius 2 is 1.96 bits per heavy atom. The van der Waals surface area contributed by atoms with E-state index in [9.17, 15) is 4.79 Å². The van der Waals surface area contributed by atoms with Crippen molar-refractivity contribution in [3.63, 3.8) is 0 Å². The molecule has 0 unspecified atom stereocenters. The monoisotopic (exact) mass is 455 g/mol. The maximum absolute atomic E-state index is 12.2. The molecule has 0 radical (unpaired) electrons. The molecule has 1 N–H and O–H groups in total. The maximum atomic E-state index is 12.2. The van der Waals surface area contributed by atoms with E-state index in [2.05, 4.69) is 27.9 Å². The van der Waals surface area contributed by atoms with Crippen LogP contribution in [0.15, 0.2) is 41.3 Å². The number of thioether (sulfide) groups is 1. The molecule has 4 nitrogen and oxygen atoms in total. The van der Waals surface area contributed by atoms with Crippen molar-refractivity contribution in [2.24, 2.45) is 0 Å². The van der Waals surface area contributed by atoms with Crippen molar-refractivity contribution in [1.29, 1.82) is 0 Å². The topological polar surface area (TPSA) is 47.6 Å². The number of fused-ring (bicyclic) bond motifs is 1. The highest BCUT2D eigenvalue weighted by Crippen LogP contribution is 2.33. The summed E-state index contributed by atoms with van der Waals surface area (Å²) < 4.78 is 12.5. The summed E-state index contributed by atoms with van der Waals surface area (Å²) >= 11 is 3.75. The van der Waals surface area contributed by atoms with Crippen molar-refractivity contribution < 1.29 is 14.3 Å². The highest BCUT2D eigenvalue weighted by molar-refractivity contribution is 14.1. The van der Waals surface area contributed by atoms with Crippen LogP contribution in [0.3, 0.4) is 0 Å². The first-order valence-electron chi connectivity index (χ1n) is 7.70. The number of hydrogen-bond donors (Lipinski definition) is 1. The minimum Gasteiger partial charge on any atom is -0.490 e.